The van der Waals surface area contributed by atoms with Crippen LogP contribution in [0.25, 0.3) is 0 Å². The number of carbonyl (C=O) groups excluding carboxylic acids is 2. The number of ether oxygens (including phenoxy) is 2. The van der Waals surface area contributed by atoms with Gasteiger partial charge in [-0.25, -0.2) is 13.2 Å². The fourth-order valence-electron chi connectivity index (χ4n) is 3.22. The van der Waals surface area contributed by atoms with Crippen LogP contribution in [-0.2, 0) is 30.5 Å². The van der Waals surface area contributed by atoms with Crippen molar-refractivity contribution in [2.24, 2.45) is 0 Å². The summed E-state index contributed by atoms with van der Waals surface area (Å²) in [5.74, 6) is -0.945. The van der Waals surface area contributed by atoms with Crippen molar-refractivity contribution in [3.63, 3.8) is 0 Å². The number of alkyl carbamates (subject to hydrolysis) is 1. The van der Waals surface area contributed by atoms with Crippen molar-refractivity contribution in [2.75, 3.05) is 7.11 Å². The quantitative estimate of drug-likeness (QED) is 0.600. The van der Waals surface area contributed by atoms with Crippen molar-refractivity contribution in [3.8, 4) is 0 Å². The van der Waals surface area contributed by atoms with E-state index in [0.717, 1.165) is 18.2 Å². The van der Waals surface area contributed by atoms with Gasteiger partial charge in [0, 0.05) is 0 Å². The van der Waals surface area contributed by atoms with Gasteiger partial charge >= 0.3 is 12.1 Å². The van der Waals surface area contributed by atoms with Gasteiger partial charge in [0.2, 0.25) is 0 Å². The first-order valence-electron chi connectivity index (χ1n) is 10.4. The second-order valence-corrected chi connectivity index (χ2v) is 10.6. The molecule has 174 valence electrons. The molecule has 0 aromatic heterocycles. The van der Waals surface area contributed by atoms with Crippen molar-refractivity contribution in [1.82, 2.24) is 5.32 Å². The molecule has 0 heterocycles. The summed E-state index contributed by atoms with van der Waals surface area (Å²) < 4.78 is 37.1. The zero-order valence-electron chi connectivity index (χ0n) is 19.1. The lowest BCUT2D eigenvalue weighted by atomic mass is 10.0. The van der Waals surface area contributed by atoms with Gasteiger partial charge < -0.3 is 14.8 Å². The minimum Gasteiger partial charge on any atom is -0.468 e. The molecule has 0 saturated carbocycles. The Morgan fingerprint density at radius 1 is 1.00 bits per heavy atom. The fourth-order valence-corrected chi connectivity index (χ4v) is 5.02. The third-order valence-corrected chi connectivity index (χ3v) is 6.89. The normalized spacial score (nSPS) is 13.7. The van der Waals surface area contributed by atoms with E-state index in [-0.39, 0.29) is 11.3 Å². The molecule has 32 heavy (non-hydrogen) atoms. The minimum absolute atomic E-state index is 0.0193. The van der Waals surface area contributed by atoms with Gasteiger partial charge in [-0.1, -0.05) is 48.0 Å². The number of amides is 1. The Hall–Kier alpha value is -2.87. The molecule has 0 aliphatic carbocycles. The molecule has 8 heteroatoms. The number of hydrogen-bond acceptors (Lipinski definition) is 6. The summed E-state index contributed by atoms with van der Waals surface area (Å²) in [4.78, 5) is 25.2. The van der Waals surface area contributed by atoms with E-state index < -0.39 is 38.8 Å². The van der Waals surface area contributed by atoms with Crippen LogP contribution in [0.2, 0.25) is 0 Å². The Morgan fingerprint density at radius 3 is 2.12 bits per heavy atom. The van der Waals surface area contributed by atoms with Gasteiger partial charge in [-0.2, -0.15) is 0 Å². The van der Waals surface area contributed by atoms with Gasteiger partial charge in [-0.05, 0) is 58.2 Å². The Bertz CT molecular complexity index is 1010. The molecule has 0 aliphatic rings. The number of benzene rings is 2. The molecule has 0 spiro atoms. The van der Waals surface area contributed by atoms with Crippen LogP contribution in [0.1, 0.15) is 38.3 Å². The first-order chi connectivity index (χ1) is 14.9. The second kappa shape index (κ2) is 10.6. The predicted octanol–water partition coefficient (Wildman–Crippen LogP) is 3.84. The van der Waals surface area contributed by atoms with Crippen LogP contribution in [0, 0.1) is 6.92 Å². The highest BCUT2D eigenvalue weighted by Gasteiger charge is 2.42. The zero-order chi connectivity index (χ0) is 23.9. The average molecular weight is 462 g/mol. The lowest BCUT2D eigenvalue weighted by molar-refractivity contribution is -0.140. The molecule has 0 bridgehead atoms. The monoisotopic (exact) mass is 461 g/mol. The molecular formula is C24H31NO6S. The lowest BCUT2D eigenvalue weighted by Gasteiger charge is -2.28. The van der Waals surface area contributed by atoms with Crippen LogP contribution in [0.5, 0.6) is 0 Å². The van der Waals surface area contributed by atoms with Gasteiger partial charge in [0.25, 0.3) is 0 Å². The van der Waals surface area contributed by atoms with E-state index >= 15 is 0 Å². The van der Waals surface area contributed by atoms with Crippen LogP contribution >= 0.6 is 0 Å². The molecule has 2 rings (SSSR count). The lowest BCUT2D eigenvalue weighted by Crippen LogP contribution is -2.52. The van der Waals surface area contributed by atoms with Crippen molar-refractivity contribution < 1.29 is 27.5 Å². The van der Waals surface area contributed by atoms with Crippen LogP contribution in [0.4, 0.5) is 4.79 Å². The van der Waals surface area contributed by atoms with Crippen LogP contribution in [0.3, 0.4) is 0 Å². The van der Waals surface area contributed by atoms with E-state index in [9.17, 15) is 18.0 Å². The van der Waals surface area contributed by atoms with E-state index in [2.05, 4.69) is 5.32 Å². The molecule has 1 amide bonds. The highest BCUT2D eigenvalue weighted by Crippen LogP contribution is 2.23. The average Bonchev–Trinajstić information content (AvgIpc) is 2.71. The number of aryl methyl sites for hydroxylation is 2. The van der Waals surface area contributed by atoms with Crippen LogP contribution in [0.15, 0.2) is 59.5 Å². The van der Waals surface area contributed by atoms with E-state index in [4.69, 9.17) is 9.47 Å². The number of hydrogen-bond donors (Lipinski definition) is 1. The maximum Gasteiger partial charge on any atom is 0.407 e. The smallest absolute Gasteiger partial charge is 0.407 e. The third-order valence-electron chi connectivity index (χ3n) is 4.77. The van der Waals surface area contributed by atoms with Gasteiger partial charge in [0.1, 0.15) is 5.60 Å². The zero-order valence-corrected chi connectivity index (χ0v) is 19.9. The largest absolute Gasteiger partial charge is 0.468 e. The summed E-state index contributed by atoms with van der Waals surface area (Å²) in [5.41, 5.74) is 1.04. The molecule has 2 atom stereocenters. The molecule has 2 aromatic carbocycles. The van der Waals surface area contributed by atoms with E-state index in [1.807, 2.05) is 37.3 Å². The van der Waals surface area contributed by atoms with Crippen molar-refractivity contribution in [1.29, 1.82) is 0 Å². The van der Waals surface area contributed by atoms with E-state index in [1.54, 1.807) is 32.9 Å². The van der Waals surface area contributed by atoms with Gasteiger partial charge in [-0.15, -0.1) is 0 Å². The van der Waals surface area contributed by atoms with Crippen LogP contribution in [-0.4, -0.2) is 44.5 Å². The number of rotatable bonds is 8. The van der Waals surface area contributed by atoms with Crippen LogP contribution < -0.4 is 5.32 Å². The van der Waals surface area contributed by atoms with E-state index in [0.29, 0.717) is 6.42 Å². The number of esters is 1. The maximum absolute atomic E-state index is 13.5. The Balaban J connectivity index is 2.43. The first kappa shape index (κ1) is 25.4. The molecule has 0 saturated heterocycles. The van der Waals surface area contributed by atoms with E-state index in [1.165, 1.54) is 12.1 Å². The van der Waals surface area contributed by atoms with Gasteiger partial charge in [-0.3, -0.25) is 4.79 Å². The minimum atomic E-state index is -4.17. The molecule has 0 radical (unpaired) electrons. The molecule has 0 fully saturated rings. The van der Waals surface area contributed by atoms with Crippen molar-refractivity contribution in [2.45, 2.75) is 62.3 Å². The standard InChI is InChI=1S/C24H31NO6S/c1-17-11-14-19(15-12-17)32(28,29)21(22(26)30-5)20(25-23(27)31-24(2,3)4)16-13-18-9-7-6-8-10-18/h6-12,14-15,20-21H,13,16H2,1-5H3,(H,25,27). The Morgan fingerprint density at radius 2 is 1.59 bits per heavy atom. The Labute approximate surface area is 190 Å². The fraction of sp³-hybridized carbons (Fsp3) is 0.417. The number of nitrogens with one attached hydrogen (secondary N) is 1. The second-order valence-electron chi connectivity index (χ2n) is 8.58. The maximum atomic E-state index is 13.5. The molecular weight excluding hydrogens is 430 g/mol. The van der Waals surface area contributed by atoms with Gasteiger partial charge in [0.05, 0.1) is 18.0 Å². The number of carbonyl (C=O) groups is 2. The molecule has 2 aromatic rings. The Kier molecular flexibility index (Phi) is 8.44. The summed E-state index contributed by atoms with van der Waals surface area (Å²) in [7, 11) is -3.04. The molecule has 0 aliphatic heterocycles. The van der Waals surface area contributed by atoms with Crippen molar-refractivity contribution >= 4 is 21.9 Å². The highest BCUT2D eigenvalue weighted by atomic mass is 32.2. The third kappa shape index (κ3) is 7.09. The summed E-state index contributed by atoms with van der Waals surface area (Å²) in [6, 6.07) is 14.5. The topological polar surface area (TPSA) is 98.8 Å². The number of sulfone groups is 1. The summed E-state index contributed by atoms with van der Waals surface area (Å²) >= 11 is 0. The first-order valence-corrected chi connectivity index (χ1v) is 11.9. The van der Waals surface area contributed by atoms with Gasteiger partial charge in [0.15, 0.2) is 15.1 Å². The summed E-state index contributed by atoms with van der Waals surface area (Å²) in [5, 5.41) is 0.972. The van der Waals surface area contributed by atoms with Crippen molar-refractivity contribution in [3.05, 3.63) is 65.7 Å². The highest BCUT2D eigenvalue weighted by molar-refractivity contribution is 7.92. The predicted molar refractivity (Wildman–Crippen MR) is 122 cm³/mol. The summed E-state index contributed by atoms with van der Waals surface area (Å²) in [6.45, 7) is 6.94. The summed E-state index contributed by atoms with van der Waals surface area (Å²) in [6.07, 6.45) is -0.171. The molecule has 2 unspecified atom stereocenters. The molecule has 1 N–H and O–H groups in total. The molecule has 7 nitrogen and oxygen atoms in total. The SMILES string of the molecule is COC(=O)C(C(CCc1ccccc1)NC(=O)OC(C)(C)C)S(=O)(=O)c1ccc(C)cc1. The number of methoxy groups -OCH3 is 1.